The Kier molecular flexibility index (Phi) is 16.9. The quantitative estimate of drug-likeness (QED) is 0.125. The van der Waals surface area contributed by atoms with E-state index < -0.39 is 36.6 Å². The summed E-state index contributed by atoms with van der Waals surface area (Å²) in [5.74, 6) is -1.01. The Morgan fingerprint density at radius 1 is 0.938 bits per heavy atom. The molecule has 0 radical (unpaired) electrons. The lowest BCUT2D eigenvalue weighted by Gasteiger charge is -2.40. The molecule has 64 heavy (non-hydrogen) atoms. The number of fused-ring (bicyclic) bond motifs is 8. The summed E-state index contributed by atoms with van der Waals surface area (Å²) in [5.41, 5.74) is 2.59. The van der Waals surface area contributed by atoms with Crippen molar-refractivity contribution in [1.29, 1.82) is 0 Å². The lowest BCUT2D eigenvalue weighted by atomic mass is 9.67. The number of thiazole rings is 1. The molecular formula is C50H73ClN2O10S. The average Bonchev–Trinajstić information content (AvgIpc) is 4.00. The molecule has 2 saturated heterocycles. The van der Waals surface area contributed by atoms with Gasteiger partial charge in [-0.15, -0.1) is 11.3 Å². The molecule has 5 aliphatic rings. The number of nitrogens with zero attached hydrogens (tertiary/aromatic N) is 2. The first-order valence-electron chi connectivity index (χ1n) is 23.7. The standard InChI is InChI=1S/C50H73ClN2O10S/c1-12-31-17-14-18-39(63-41-20-19-38(53(6)7)28(5)60-41)27(4)44(55)36-24-34-33-22-32(62-50(59-11)47(58-10)46(57-9)45(56-8)26(2)3)23-37(33)48-43(42(34)35(36)25-40(54)61-31)52-49(64-48)29-15-13-16-30(51)21-29/h13,15-16,21,24,26-28,31-35,37-39,41-42,45-47,50H,12,14,17-20,22-23,25H2,1-11H3/t27-,28?,31+,32+,33+,34+,35-,37-,38+,39+,41+,42?,45?,46?,47?,50?/m1/s1. The van der Waals surface area contributed by atoms with Crippen LogP contribution in [0.5, 0.6) is 0 Å². The summed E-state index contributed by atoms with van der Waals surface area (Å²) in [6.45, 7) is 10.4. The van der Waals surface area contributed by atoms with Crippen molar-refractivity contribution in [2.45, 2.75) is 166 Å². The first kappa shape index (κ1) is 49.6. The normalized spacial score (nSPS) is 34.1. The van der Waals surface area contributed by atoms with Gasteiger partial charge in [0.05, 0.1) is 36.5 Å². The number of methoxy groups -OCH3 is 4. The molecule has 12 nitrogen and oxygen atoms in total. The first-order valence-corrected chi connectivity index (χ1v) is 24.9. The Balaban J connectivity index is 1.25. The predicted octanol–water partition coefficient (Wildman–Crippen LogP) is 9.23. The molecule has 3 aliphatic carbocycles. The zero-order valence-corrected chi connectivity index (χ0v) is 41.4. The SMILES string of the molecule is CC[C@H]1CCC[C@H](O[C@H]2CC[C@H](N(C)C)C(C)O2)[C@@H](C)C(=O)C2=C[C@@H]3C(c4nc(-c5cccc(Cl)c5)sc4[C@@H]4C[C@@H](OC(OC)C(OC)C(OC)C(OC)C(C)C)C[C@@H]34)[C@@H]2CC(=O)O1. The van der Waals surface area contributed by atoms with Crippen LogP contribution < -0.4 is 0 Å². The molecule has 3 heterocycles. The van der Waals surface area contributed by atoms with E-state index in [0.717, 1.165) is 48.4 Å². The van der Waals surface area contributed by atoms with Crippen molar-refractivity contribution in [3.8, 4) is 10.6 Å². The van der Waals surface area contributed by atoms with Gasteiger partial charge in [-0.1, -0.05) is 57.5 Å². The van der Waals surface area contributed by atoms with Crippen molar-refractivity contribution < 1.29 is 47.5 Å². The molecule has 356 valence electrons. The molecule has 1 aromatic heterocycles. The van der Waals surface area contributed by atoms with Gasteiger partial charge in [0, 0.05) is 73.6 Å². The number of carbonyl (C=O) groups excluding carboxylic acids is 2. The maximum Gasteiger partial charge on any atom is 0.306 e. The number of benzene rings is 1. The van der Waals surface area contributed by atoms with Crippen LogP contribution in [0.3, 0.4) is 0 Å². The van der Waals surface area contributed by atoms with Crippen molar-refractivity contribution in [2.24, 2.45) is 29.6 Å². The maximum atomic E-state index is 15.3. The van der Waals surface area contributed by atoms with Crippen molar-refractivity contribution in [3.63, 3.8) is 0 Å². The van der Waals surface area contributed by atoms with Crippen LogP contribution in [0, 0.1) is 29.6 Å². The minimum atomic E-state index is -0.738. The molecule has 3 fully saturated rings. The number of aromatic nitrogens is 1. The van der Waals surface area contributed by atoms with Gasteiger partial charge < -0.3 is 42.8 Å². The number of likely N-dealkylation sites (N-methyl/N-ethyl adjacent to an activating group) is 1. The molecule has 1 aromatic carbocycles. The van der Waals surface area contributed by atoms with Crippen LogP contribution in [-0.2, 0) is 47.5 Å². The van der Waals surface area contributed by atoms with Crippen LogP contribution in [0.2, 0.25) is 5.02 Å². The number of allylic oxidation sites excluding steroid dienone is 2. The highest BCUT2D eigenvalue weighted by atomic mass is 35.5. The van der Waals surface area contributed by atoms with Crippen LogP contribution in [0.1, 0.15) is 115 Å². The number of hydrogen-bond acceptors (Lipinski definition) is 13. The number of ether oxygens (including phenoxy) is 8. The van der Waals surface area contributed by atoms with E-state index in [1.54, 1.807) is 39.8 Å². The van der Waals surface area contributed by atoms with Gasteiger partial charge in [-0.25, -0.2) is 4.98 Å². The smallest absolute Gasteiger partial charge is 0.306 e. The molecule has 2 aliphatic heterocycles. The van der Waals surface area contributed by atoms with Gasteiger partial charge in [0.1, 0.15) is 23.3 Å². The van der Waals surface area contributed by atoms with E-state index in [-0.39, 0.29) is 78.3 Å². The van der Waals surface area contributed by atoms with Crippen LogP contribution in [0.25, 0.3) is 10.6 Å². The maximum absolute atomic E-state index is 15.3. The fourth-order valence-electron chi connectivity index (χ4n) is 11.8. The fraction of sp³-hybridized carbons (Fsp3) is 0.740. The highest BCUT2D eigenvalue weighted by Gasteiger charge is 2.56. The molecule has 7 rings (SSSR count). The molecule has 0 spiro atoms. The molecule has 6 unspecified atom stereocenters. The topological polar surface area (TPSA) is 124 Å². The molecule has 14 heteroatoms. The Labute approximate surface area is 390 Å². The van der Waals surface area contributed by atoms with Gasteiger partial charge >= 0.3 is 5.97 Å². The molecular weight excluding hydrogens is 856 g/mol. The number of rotatable bonds is 15. The van der Waals surface area contributed by atoms with Gasteiger partial charge in [-0.2, -0.15) is 0 Å². The highest BCUT2D eigenvalue weighted by Crippen LogP contribution is 2.63. The van der Waals surface area contributed by atoms with Crippen molar-refractivity contribution in [3.05, 3.63) is 51.5 Å². The molecule has 16 atom stereocenters. The molecule has 0 amide bonds. The summed E-state index contributed by atoms with van der Waals surface area (Å²) in [6, 6.07) is 8.10. The fourth-order valence-corrected chi connectivity index (χ4v) is 13.3. The lowest BCUT2D eigenvalue weighted by Crippen LogP contribution is -2.51. The number of halogens is 1. The van der Waals surface area contributed by atoms with Crippen LogP contribution in [0.4, 0.5) is 0 Å². The summed E-state index contributed by atoms with van der Waals surface area (Å²) in [4.78, 5) is 38.2. The second-order valence-corrected chi connectivity index (χ2v) is 20.9. The third-order valence-corrected chi connectivity index (χ3v) is 16.5. The number of cyclic esters (lactones) is 1. The largest absolute Gasteiger partial charge is 0.462 e. The van der Waals surface area contributed by atoms with Gasteiger partial charge in [-0.05, 0) is 108 Å². The van der Waals surface area contributed by atoms with E-state index in [1.165, 1.54) is 4.88 Å². The number of carbonyl (C=O) groups is 2. The second kappa shape index (κ2) is 21.8. The molecule has 1 saturated carbocycles. The van der Waals surface area contributed by atoms with Crippen LogP contribution in [0.15, 0.2) is 35.9 Å². The van der Waals surface area contributed by atoms with Crippen LogP contribution in [-0.4, -0.2) is 126 Å². The zero-order chi connectivity index (χ0) is 46.0. The average molecular weight is 930 g/mol. The Hall–Kier alpha value is -2.30. The Bertz CT molecular complexity index is 1930. The number of esters is 1. The third-order valence-electron chi connectivity index (χ3n) is 15.0. The molecule has 0 bridgehead atoms. The number of hydrogen-bond donors (Lipinski definition) is 0. The Morgan fingerprint density at radius 3 is 2.33 bits per heavy atom. The van der Waals surface area contributed by atoms with E-state index in [0.29, 0.717) is 35.9 Å². The van der Waals surface area contributed by atoms with Crippen molar-refractivity contribution in [1.82, 2.24) is 9.88 Å². The summed E-state index contributed by atoms with van der Waals surface area (Å²) in [6.07, 6.45) is 5.14. The summed E-state index contributed by atoms with van der Waals surface area (Å²) < 4.78 is 50.5. The molecule has 2 aromatic rings. The van der Waals surface area contributed by atoms with E-state index in [2.05, 4.69) is 52.8 Å². The summed E-state index contributed by atoms with van der Waals surface area (Å²) >= 11 is 8.24. The van der Waals surface area contributed by atoms with E-state index in [9.17, 15) is 4.79 Å². The minimum Gasteiger partial charge on any atom is -0.462 e. The van der Waals surface area contributed by atoms with Gasteiger partial charge in [0.25, 0.3) is 0 Å². The van der Waals surface area contributed by atoms with Gasteiger partial charge in [-0.3, -0.25) is 9.59 Å². The monoisotopic (exact) mass is 928 g/mol. The van der Waals surface area contributed by atoms with E-state index in [4.69, 9.17) is 54.5 Å². The van der Waals surface area contributed by atoms with Gasteiger partial charge in [0.15, 0.2) is 18.4 Å². The molecule has 0 N–H and O–H groups in total. The van der Waals surface area contributed by atoms with Crippen molar-refractivity contribution >= 4 is 34.7 Å². The van der Waals surface area contributed by atoms with Crippen molar-refractivity contribution in [2.75, 3.05) is 42.5 Å². The zero-order valence-electron chi connectivity index (χ0n) is 39.8. The minimum absolute atomic E-state index is 0.000484. The number of Topliss-reactive ketones (excluding diaryl/α,β-unsaturated/α-hetero) is 1. The number of ketones is 1. The van der Waals surface area contributed by atoms with Gasteiger partial charge in [0.2, 0.25) is 0 Å². The summed E-state index contributed by atoms with van der Waals surface area (Å²) in [5, 5.41) is 1.50. The van der Waals surface area contributed by atoms with E-state index >= 15 is 4.79 Å². The lowest BCUT2D eigenvalue weighted by molar-refractivity contribution is -0.246. The first-order chi connectivity index (χ1) is 30.7. The third kappa shape index (κ3) is 10.4. The summed E-state index contributed by atoms with van der Waals surface area (Å²) in [7, 11) is 10.8. The predicted molar refractivity (Wildman–Crippen MR) is 247 cm³/mol. The van der Waals surface area contributed by atoms with E-state index in [1.807, 2.05) is 31.2 Å². The Morgan fingerprint density at radius 2 is 1.69 bits per heavy atom. The van der Waals surface area contributed by atoms with Crippen LogP contribution >= 0.6 is 22.9 Å². The highest BCUT2D eigenvalue weighted by molar-refractivity contribution is 7.15. The second-order valence-electron chi connectivity index (χ2n) is 19.4.